The van der Waals surface area contributed by atoms with Crippen LogP contribution in [0.5, 0.6) is 0 Å². The van der Waals surface area contributed by atoms with Crippen LogP contribution in [-0.4, -0.2) is 45.0 Å². The zero-order chi connectivity index (χ0) is 12.4. The lowest BCUT2D eigenvalue weighted by molar-refractivity contribution is -0.136. The van der Waals surface area contributed by atoms with Crippen molar-refractivity contribution in [3.63, 3.8) is 0 Å². The Morgan fingerprint density at radius 2 is 2.12 bits per heavy atom. The van der Waals surface area contributed by atoms with Crippen LogP contribution in [0.15, 0.2) is 12.7 Å². The summed E-state index contributed by atoms with van der Waals surface area (Å²) in [5.74, 6) is -1.54. The highest BCUT2D eigenvalue weighted by molar-refractivity contribution is 7.89. The van der Waals surface area contributed by atoms with Crippen LogP contribution in [0.3, 0.4) is 0 Å². The minimum Gasteiger partial charge on any atom is -0.481 e. The molecule has 2 N–H and O–H groups in total. The third-order valence-electron chi connectivity index (χ3n) is 1.62. The summed E-state index contributed by atoms with van der Waals surface area (Å²) < 4.78 is 29.7. The van der Waals surface area contributed by atoms with Crippen molar-refractivity contribution < 1.29 is 23.1 Å². The molecule has 0 aliphatic rings. The molecule has 6 nitrogen and oxygen atoms in total. The van der Waals surface area contributed by atoms with Gasteiger partial charge in [0.1, 0.15) is 0 Å². The van der Waals surface area contributed by atoms with Gasteiger partial charge in [-0.25, -0.2) is 13.1 Å². The van der Waals surface area contributed by atoms with Gasteiger partial charge in [-0.05, 0) is 6.42 Å². The number of hydrogen-bond donors (Lipinski definition) is 2. The van der Waals surface area contributed by atoms with E-state index in [-0.39, 0.29) is 13.2 Å². The molecular weight excluding hydrogens is 234 g/mol. The highest BCUT2D eigenvalue weighted by atomic mass is 32.2. The van der Waals surface area contributed by atoms with Gasteiger partial charge in [0.2, 0.25) is 10.0 Å². The first kappa shape index (κ1) is 15.1. The minimum absolute atomic E-state index is 0.152. The van der Waals surface area contributed by atoms with E-state index in [4.69, 9.17) is 9.84 Å². The number of aliphatic carboxylic acids is 1. The second kappa shape index (κ2) is 8.26. The lowest BCUT2D eigenvalue weighted by Gasteiger charge is -2.05. The second-order valence-electron chi connectivity index (χ2n) is 3.05. The highest BCUT2D eigenvalue weighted by Crippen LogP contribution is 1.89. The number of hydrogen-bond acceptors (Lipinski definition) is 4. The molecule has 0 unspecified atom stereocenters. The fourth-order valence-electron chi connectivity index (χ4n) is 0.832. The highest BCUT2D eigenvalue weighted by Gasteiger charge is 2.11. The molecule has 0 saturated heterocycles. The molecule has 16 heavy (non-hydrogen) atoms. The molecule has 0 amide bonds. The molecule has 0 fully saturated rings. The van der Waals surface area contributed by atoms with Gasteiger partial charge in [-0.2, -0.15) is 0 Å². The Balaban J connectivity index is 3.58. The first-order chi connectivity index (χ1) is 7.48. The molecule has 7 heteroatoms. The molecule has 0 spiro atoms. The van der Waals surface area contributed by atoms with Crippen LogP contribution in [0.1, 0.15) is 12.8 Å². The monoisotopic (exact) mass is 251 g/mol. The summed E-state index contributed by atoms with van der Waals surface area (Å²) in [5.41, 5.74) is 0. The Morgan fingerprint density at radius 3 is 2.69 bits per heavy atom. The van der Waals surface area contributed by atoms with Crippen LogP contribution in [0.25, 0.3) is 0 Å². The number of ether oxygens (including phenoxy) is 1. The molecule has 0 rings (SSSR count). The number of sulfonamides is 1. The molecule has 0 radical (unpaired) electrons. The molecule has 0 saturated carbocycles. The van der Waals surface area contributed by atoms with Gasteiger partial charge < -0.3 is 9.84 Å². The topological polar surface area (TPSA) is 92.7 Å². The Hall–Kier alpha value is -0.920. The van der Waals surface area contributed by atoms with Crippen molar-refractivity contribution in [1.82, 2.24) is 4.72 Å². The third kappa shape index (κ3) is 9.63. The summed E-state index contributed by atoms with van der Waals surface area (Å²) in [7, 11) is -3.50. The van der Waals surface area contributed by atoms with Crippen molar-refractivity contribution in [2.75, 3.05) is 25.5 Å². The predicted molar refractivity (Wildman–Crippen MR) is 59.7 cm³/mol. The molecule has 0 aliphatic carbocycles. The first-order valence-electron chi connectivity index (χ1n) is 4.85. The van der Waals surface area contributed by atoms with E-state index in [1.165, 1.54) is 0 Å². The lowest BCUT2D eigenvalue weighted by Crippen LogP contribution is -2.30. The molecule has 94 valence electrons. The summed E-state index contributed by atoms with van der Waals surface area (Å²) in [4.78, 5) is 10.2. The SMILES string of the molecule is C=CCCOCCNS(=O)(=O)CCC(=O)O. The van der Waals surface area contributed by atoms with E-state index in [1.54, 1.807) is 6.08 Å². The molecule has 0 aromatic carbocycles. The smallest absolute Gasteiger partial charge is 0.304 e. The fraction of sp³-hybridized carbons (Fsp3) is 0.667. The van der Waals surface area contributed by atoms with Gasteiger partial charge in [-0.15, -0.1) is 6.58 Å². The molecule has 0 bridgehead atoms. The van der Waals surface area contributed by atoms with Crippen molar-refractivity contribution in [2.24, 2.45) is 0 Å². The first-order valence-corrected chi connectivity index (χ1v) is 6.51. The molecule has 0 aromatic heterocycles. The van der Waals surface area contributed by atoms with Gasteiger partial charge in [-0.1, -0.05) is 6.08 Å². The van der Waals surface area contributed by atoms with Gasteiger partial charge >= 0.3 is 5.97 Å². The van der Waals surface area contributed by atoms with Gasteiger partial charge in [0.15, 0.2) is 0 Å². The molecule has 0 heterocycles. The Kier molecular flexibility index (Phi) is 7.78. The van der Waals surface area contributed by atoms with Crippen LogP contribution in [0.4, 0.5) is 0 Å². The molecule has 0 aromatic rings. The number of carboxylic acid groups (broad SMARTS) is 1. The fourth-order valence-corrected chi connectivity index (χ4v) is 1.81. The minimum atomic E-state index is -3.50. The van der Waals surface area contributed by atoms with E-state index >= 15 is 0 Å². The van der Waals surface area contributed by atoms with E-state index < -0.39 is 28.2 Å². The van der Waals surface area contributed by atoms with Gasteiger partial charge in [0.05, 0.1) is 25.4 Å². The van der Waals surface area contributed by atoms with Crippen LogP contribution in [0, 0.1) is 0 Å². The number of nitrogens with one attached hydrogen (secondary N) is 1. The number of rotatable bonds is 10. The van der Waals surface area contributed by atoms with Crippen molar-refractivity contribution in [1.29, 1.82) is 0 Å². The van der Waals surface area contributed by atoms with E-state index in [0.29, 0.717) is 13.0 Å². The summed E-state index contributed by atoms with van der Waals surface area (Å²) in [6, 6.07) is 0. The molecule has 0 aliphatic heterocycles. The third-order valence-corrected chi connectivity index (χ3v) is 3.00. The predicted octanol–water partition coefficient (Wildman–Crippen LogP) is -0.0268. The van der Waals surface area contributed by atoms with Gasteiger partial charge in [-0.3, -0.25) is 4.79 Å². The summed E-state index contributed by atoms with van der Waals surface area (Å²) in [6.45, 7) is 4.43. The zero-order valence-corrected chi connectivity index (χ0v) is 9.83. The average Bonchev–Trinajstić information content (AvgIpc) is 2.21. The van der Waals surface area contributed by atoms with E-state index in [9.17, 15) is 13.2 Å². The summed E-state index contributed by atoms with van der Waals surface area (Å²) in [5, 5.41) is 8.32. The summed E-state index contributed by atoms with van der Waals surface area (Å²) >= 11 is 0. The van der Waals surface area contributed by atoms with E-state index in [0.717, 1.165) is 0 Å². The Morgan fingerprint density at radius 1 is 1.44 bits per heavy atom. The number of carboxylic acids is 1. The average molecular weight is 251 g/mol. The zero-order valence-electron chi connectivity index (χ0n) is 9.02. The Bertz CT molecular complexity index is 312. The maximum atomic E-state index is 11.2. The van der Waals surface area contributed by atoms with Crippen molar-refractivity contribution >= 4 is 16.0 Å². The van der Waals surface area contributed by atoms with E-state index in [1.807, 2.05) is 0 Å². The van der Waals surface area contributed by atoms with Gasteiger partial charge in [0, 0.05) is 6.54 Å². The Labute approximate surface area is 95.3 Å². The van der Waals surface area contributed by atoms with Crippen LogP contribution < -0.4 is 4.72 Å². The van der Waals surface area contributed by atoms with Crippen LogP contribution >= 0.6 is 0 Å². The van der Waals surface area contributed by atoms with Gasteiger partial charge in [0.25, 0.3) is 0 Å². The maximum Gasteiger partial charge on any atom is 0.304 e. The summed E-state index contributed by atoms with van der Waals surface area (Å²) in [6.07, 6.45) is 2.02. The maximum absolute atomic E-state index is 11.2. The largest absolute Gasteiger partial charge is 0.481 e. The normalized spacial score (nSPS) is 11.2. The second-order valence-corrected chi connectivity index (χ2v) is 4.97. The van der Waals surface area contributed by atoms with E-state index in [2.05, 4.69) is 11.3 Å². The number of carbonyl (C=O) groups is 1. The standard InChI is InChI=1S/C9H17NO5S/c1-2-3-6-15-7-5-10-16(13,14)8-4-9(11)12/h2,10H,1,3-8H2,(H,11,12). The molecular formula is C9H17NO5S. The van der Waals surface area contributed by atoms with Crippen molar-refractivity contribution in [3.05, 3.63) is 12.7 Å². The van der Waals surface area contributed by atoms with Crippen molar-refractivity contribution in [2.45, 2.75) is 12.8 Å². The lowest BCUT2D eigenvalue weighted by atomic mass is 10.5. The molecule has 0 atom stereocenters. The van der Waals surface area contributed by atoms with Crippen LogP contribution in [-0.2, 0) is 19.6 Å². The van der Waals surface area contributed by atoms with Crippen molar-refractivity contribution in [3.8, 4) is 0 Å². The quantitative estimate of drug-likeness (QED) is 0.420. The van der Waals surface area contributed by atoms with Crippen LogP contribution in [0.2, 0.25) is 0 Å².